The van der Waals surface area contributed by atoms with E-state index < -0.39 is 0 Å². The lowest BCUT2D eigenvalue weighted by molar-refractivity contribution is 1.95. The molecule has 8 heavy (non-hydrogen) atoms. The van der Waals surface area contributed by atoms with E-state index in [9.17, 15) is 0 Å². The van der Waals surface area contributed by atoms with E-state index in [-0.39, 0.29) is 13.5 Å². The summed E-state index contributed by atoms with van der Waals surface area (Å²) in [6, 6.07) is 0. The lowest BCUT2D eigenvalue weighted by Gasteiger charge is -2.07. The smallest absolute Gasteiger partial charge is 0.0130 e. The highest BCUT2D eigenvalue weighted by Crippen LogP contribution is 2.40. The predicted octanol–water partition coefficient (Wildman–Crippen LogP) is 2.54. The van der Waals surface area contributed by atoms with Crippen molar-refractivity contribution in [3.05, 3.63) is 0 Å². The monoisotopic (exact) mass is 170 g/mol. The van der Waals surface area contributed by atoms with Gasteiger partial charge in [-0.15, -0.1) is 15.8 Å². The molecule has 0 N–H and O–H groups in total. The van der Waals surface area contributed by atoms with Crippen LogP contribution in [0.3, 0.4) is 0 Å². The molecule has 0 spiro atoms. The third-order valence-electron chi connectivity index (χ3n) is 0.566. The van der Waals surface area contributed by atoms with Crippen molar-refractivity contribution in [3.8, 4) is 0 Å². The molecule has 0 aliphatic heterocycles. The van der Waals surface area contributed by atoms with Crippen LogP contribution in [0.15, 0.2) is 0 Å². The third-order valence-corrected chi connectivity index (χ3v) is 5.09. The Bertz CT molecular complexity index is 39.7. The largest absolute Gasteiger partial charge is 0.197 e. The van der Waals surface area contributed by atoms with Crippen molar-refractivity contribution in [2.24, 2.45) is 0 Å². The molecule has 0 unspecified atom stereocenters. The Balaban J connectivity index is 0. The van der Waals surface area contributed by atoms with Gasteiger partial charge in [-0.25, -0.2) is 0 Å². The molecule has 0 aromatic carbocycles. The number of hydrogen-bond donors (Lipinski definition) is 0. The number of hydrogen-bond acceptors (Lipinski definition) is 0. The van der Waals surface area contributed by atoms with E-state index in [4.69, 9.17) is 0 Å². The Morgan fingerprint density at radius 2 is 1.12 bits per heavy atom. The van der Waals surface area contributed by atoms with Crippen molar-refractivity contribution in [2.45, 2.75) is 0 Å². The van der Waals surface area contributed by atoms with E-state index >= 15 is 0 Å². The summed E-state index contributed by atoms with van der Waals surface area (Å²) >= 11 is 0. The van der Waals surface area contributed by atoms with Gasteiger partial charge in [0.15, 0.2) is 0 Å². The summed E-state index contributed by atoms with van der Waals surface area (Å²) in [5, 5.41) is 0. The van der Waals surface area contributed by atoms with Gasteiger partial charge in [-0.05, 0) is 32.6 Å². The maximum absolute atomic E-state index is 2.34. The van der Waals surface area contributed by atoms with E-state index in [0.29, 0.717) is 15.8 Å². The van der Waals surface area contributed by atoms with Crippen LogP contribution in [-0.4, -0.2) is 32.6 Å². The van der Waals surface area contributed by atoms with Crippen LogP contribution in [0.5, 0.6) is 0 Å². The highest BCUT2D eigenvalue weighted by Gasteiger charge is 1.93. The van der Waals surface area contributed by atoms with Gasteiger partial charge in [0.2, 0.25) is 0 Å². The van der Waals surface area contributed by atoms with Crippen LogP contribution < -0.4 is 0 Å². The van der Waals surface area contributed by atoms with Crippen LogP contribution >= 0.6 is 29.3 Å². The van der Waals surface area contributed by atoms with Gasteiger partial charge in [0.25, 0.3) is 0 Å². The van der Waals surface area contributed by atoms with Crippen molar-refractivity contribution in [2.75, 3.05) is 32.6 Å². The number of rotatable bonds is 2. The molecule has 0 fully saturated rings. The van der Waals surface area contributed by atoms with E-state index in [0.717, 1.165) is 0 Å². The van der Waals surface area contributed by atoms with Gasteiger partial charge in [0, 0.05) is 0 Å². The van der Waals surface area contributed by atoms with E-state index in [1.165, 1.54) is 5.90 Å². The van der Waals surface area contributed by atoms with Crippen LogP contribution in [0.25, 0.3) is 0 Å². The molecule has 0 saturated carbocycles. The first-order valence-electron chi connectivity index (χ1n) is 2.42. The lowest BCUT2D eigenvalue weighted by atomic mass is 11.8. The van der Waals surface area contributed by atoms with Crippen molar-refractivity contribution >= 4 is 29.3 Å². The fraction of sp³-hybridized carbons (Fsp3) is 1.00. The molecule has 0 nitrogen and oxygen atoms in total. The Kier molecular flexibility index (Phi) is 9.45. The summed E-state index contributed by atoms with van der Waals surface area (Å²) in [7, 11) is 0.778. The molecule has 0 aliphatic rings. The summed E-state index contributed by atoms with van der Waals surface area (Å²) in [4.78, 5) is 0. The first kappa shape index (κ1) is 11.9. The third kappa shape index (κ3) is 10.2. The quantitative estimate of drug-likeness (QED) is 0.559. The molecule has 0 heterocycles. The summed E-state index contributed by atoms with van der Waals surface area (Å²) in [5.41, 5.74) is 0. The van der Waals surface area contributed by atoms with Gasteiger partial charge in [0.05, 0.1) is 0 Å². The average Bonchev–Trinajstić information content (AvgIpc) is 1.27. The minimum atomic E-state index is 0. The van der Waals surface area contributed by atoms with Crippen LogP contribution in [0.1, 0.15) is 0 Å². The molecule has 0 amide bonds. The van der Waals surface area contributed by atoms with Crippen LogP contribution in [0, 0.1) is 0 Å². The van der Waals surface area contributed by atoms with Gasteiger partial charge >= 0.3 is 0 Å². The van der Waals surface area contributed by atoms with Gasteiger partial charge in [0.1, 0.15) is 0 Å². The topological polar surface area (TPSA) is 0 Å². The normalized spacial score (nSPS) is 9.75. The minimum Gasteiger partial charge on any atom is -0.197 e. The first-order chi connectivity index (χ1) is 3.13. The van der Waals surface area contributed by atoms with Crippen molar-refractivity contribution in [1.29, 1.82) is 0 Å². The summed E-state index contributed by atoms with van der Waals surface area (Å²) in [6.07, 6.45) is 0. The standard InChI is InChI=1S/C5H14P2.H2S/c1-6(2)5-7(3)4;/h5H2,1-4H3;1H2. The molecule has 0 aromatic rings. The molecule has 0 bridgehead atoms. The Labute approximate surface area is 62.4 Å². The average molecular weight is 170 g/mol. The molecular formula is C5H16P2S. The highest BCUT2D eigenvalue weighted by molar-refractivity contribution is 7.73. The molecule has 52 valence electrons. The zero-order valence-corrected chi connectivity index (χ0v) is 8.89. The zero-order chi connectivity index (χ0) is 5.86. The molecule has 0 radical (unpaired) electrons. The van der Waals surface area contributed by atoms with Crippen molar-refractivity contribution < 1.29 is 0 Å². The first-order valence-corrected chi connectivity index (χ1v) is 7.26. The maximum Gasteiger partial charge on any atom is -0.0130 e. The van der Waals surface area contributed by atoms with Gasteiger partial charge in [-0.2, -0.15) is 13.5 Å². The second kappa shape index (κ2) is 6.33. The Morgan fingerprint density at radius 3 is 1.12 bits per heavy atom. The molecule has 0 atom stereocenters. The maximum atomic E-state index is 2.34. The molecule has 0 saturated heterocycles. The van der Waals surface area contributed by atoms with Crippen molar-refractivity contribution in [3.63, 3.8) is 0 Å². The fourth-order valence-electron chi connectivity index (χ4n) is 0.566. The van der Waals surface area contributed by atoms with Gasteiger partial charge < -0.3 is 0 Å². The molecule has 0 aliphatic carbocycles. The van der Waals surface area contributed by atoms with E-state index in [1.807, 2.05) is 0 Å². The van der Waals surface area contributed by atoms with Gasteiger partial charge in [-0.3, -0.25) is 0 Å². The summed E-state index contributed by atoms with van der Waals surface area (Å²) in [5.74, 6) is 1.49. The molecule has 0 aromatic heterocycles. The van der Waals surface area contributed by atoms with E-state index in [2.05, 4.69) is 26.7 Å². The molecular weight excluding hydrogens is 154 g/mol. The fourth-order valence-corrected chi connectivity index (χ4v) is 5.09. The van der Waals surface area contributed by atoms with Gasteiger partial charge in [-0.1, -0.05) is 0 Å². The second-order valence-electron chi connectivity index (χ2n) is 2.30. The van der Waals surface area contributed by atoms with E-state index in [1.54, 1.807) is 0 Å². The Hall–Kier alpha value is 1.21. The van der Waals surface area contributed by atoms with Crippen molar-refractivity contribution in [1.82, 2.24) is 0 Å². The predicted molar refractivity (Wildman–Crippen MR) is 52.8 cm³/mol. The van der Waals surface area contributed by atoms with Crippen LogP contribution in [-0.2, 0) is 0 Å². The summed E-state index contributed by atoms with van der Waals surface area (Å²) in [6.45, 7) is 9.38. The second-order valence-corrected chi connectivity index (χ2v) is 7.75. The SMILES string of the molecule is CP(C)CP(C)C.S. The zero-order valence-electron chi connectivity index (χ0n) is 6.10. The molecule has 3 heteroatoms. The molecule has 0 rings (SSSR count). The van der Waals surface area contributed by atoms with Crippen LogP contribution in [0.2, 0.25) is 0 Å². The summed E-state index contributed by atoms with van der Waals surface area (Å²) < 4.78 is 0. The van der Waals surface area contributed by atoms with Crippen LogP contribution in [0.4, 0.5) is 0 Å². The highest BCUT2D eigenvalue weighted by atomic mass is 32.1. The minimum absolute atomic E-state index is 0. The lowest BCUT2D eigenvalue weighted by Crippen LogP contribution is -1.74. The Morgan fingerprint density at radius 1 is 0.875 bits per heavy atom.